The molecule has 2 aromatic heterocycles. The summed E-state index contributed by atoms with van der Waals surface area (Å²) >= 11 is 0. The summed E-state index contributed by atoms with van der Waals surface area (Å²) in [5.41, 5.74) is 3.06. The van der Waals surface area contributed by atoms with Gasteiger partial charge in [-0.05, 0) is 75.6 Å². The average Bonchev–Trinajstić information content (AvgIpc) is 3.27. The molecule has 4 aromatic rings. The van der Waals surface area contributed by atoms with Gasteiger partial charge in [-0.15, -0.1) is 0 Å². The smallest absolute Gasteiger partial charge is 0.490 e. The van der Waals surface area contributed by atoms with E-state index >= 15 is 0 Å². The fraction of sp³-hybridized carbons (Fsp3) is 0.345. The van der Waals surface area contributed by atoms with E-state index in [1.54, 1.807) is 33.0 Å². The van der Waals surface area contributed by atoms with Crippen LogP contribution in [0.1, 0.15) is 32.0 Å². The molecule has 13 heteroatoms. The first-order chi connectivity index (χ1) is 19.7. The third-order valence-electron chi connectivity index (χ3n) is 6.27. The predicted octanol–water partition coefficient (Wildman–Crippen LogP) is 6.40. The Morgan fingerprint density at radius 2 is 1.74 bits per heavy atom. The molecule has 2 aromatic carbocycles. The van der Waals surface area contributed by atoms with E-state index in [1.165, 1.54) is 12.3 Å². The van der Waals surface area contributed by atoms with Crippen molar-refractivity contribution in [3.8, 4) is 28.4 Å². The van der Waals surface area contributed by atoms with Crippen LogP contribution in [0, 0.1) is 6.92 Å². The largest absolute Gasteiger partial charge is 0.507 e. The van der Waals surface area contributed by atoms with Crippen molar-refractivity contribution >= 4 is 17.0 Å². The van der Waals surface area contributed by atoms with E-state index in [0.29, 0.717) is 11.3 Å². The first kappa shape index (κ1) is 29.0. The van der Waals surface area contributed by atoms with Gasteiger partial charge in [0.2, 0.25) is 0 Å². The van der Waals surface area contributed by atoms with E-state index in [4.69, 9.17) is 9.47 Å². The lowest BCUT2D eigenvalue weighted by Gasteiger charge is -2.32. The number of aromatic amines is 1. The van der Waals surface area contributed by atoms with Crippen LogP contribution in [0.5, 0.6) is 17.2 Å². The van der Waals surface area contributed by atoms with Crippen molar-refractivity contribution < 1.29 is 41.3 Å². The van der Waals surface area contributed by atoms with E-state index in [9.17, 15) is 22.4 Å². The van der Waals surface area contributed by atoms with Crippen molar-refractivity contribution in [1.29, 1.82) is 0 Å². The van der Waals surface area contributed by atoms with E-state index < -0.39 is 41.5 Å². The fourth-order valence-electron chi connectivity index (χ4n) is 4.32. The summed E-state index contributed by atoms with van der Waals surface area (Å²) in [6.45, 7) is 6.97. The summed E-state index contributed by atoms with van der Waals surface area (Å²) in [7, 11) is 0. The lowest BCUT2D eigenvalue weighted by Crippen LogP contribution is -2.52. The molecule has 5 rings (SSSR count). The van der Waals surface area contributed by atoms with Crippen molar-refractivity contribution in [3.05, 3.63) is 66.1 Å². The number of ether oxygens (including phenoxy) is 4. The predicted molar refractivity (Wildman–Crippen MR) is 144 cm³/mol. The normalized spacial score (nSPS) is 16.1. The highest BCUT2D eigenvalue weighted by atomic mass is 19.3. The van der Waals surface area contributed by atoms with Crippen LogP contribution in [0.4, 0.5) is 22.4 Å². The van der Waals surface area contributed by atoms with Gasteiger partial charge in [0.05, 0.1) is 17.8 Å². The summed E-state index contributed by atoms with van der Waals surface area (Å²) in [6.07, 6.45) is -7.13. The topological polar surface area (TPSA) is 108 Å². The lowest BCUT2D eigenvalue weighted by atomic mass is 10.0. The molecule has 1 atom stereocenters. The third kappa shape index (κ3) is 6.34. The molecule has 1 aliphatic heterocycles. The number of aryl methyl sites for hydroxylation is 1. The van der Waals surface area contributed by atoms with Gasteiger partial charge in [-0.1, -0.05) is 12.1 Å². The number of rotatable bonds is 7. The molecule has 0 fully saturated rings. The minimum atomic E-state index is -4.85. The van der Waals surface area contributed by atoms with E-state index in [-0.39, 0.29) is 13.0 Å². The van der Waals surface area contributed by atoms with Crippen LogP contribution in [-0.2, 0) is 11.2 Å². The van der Waals surface area contributed by atoms with Gasteiger partial charge in [0.25, 0.3) is 0 Å². The van der Waals surface area contributed by atoms with Crippen molar-refractivity contribution in [2.45, 2.75) is 58.0 Å². The molecule has 0 radical (unpaired) electrons. The van der Waals surface area contributed by atoms with Gasteiger partial charge < -0.3 is 24.3 Å². The number of alkyl carbamates (subject to hydrolysis) is 1. The number of nitrogens with one attached hydrogen (secondary N) is 2. The number of halogens is 4. The highest BCUT2D eigenvalue weighted by molar-refractivity contribution is 5.86. The third-order valence-corrected chi connectivity index (χ3v) is 6.27. The van der Waals surface area contributed by atoms with Crippen molar-refractivity contribution in [2.24, 2.45) is 0 Å². The molecule has 0 saturated carbocycles. The Bertz CT molecular complexity index is 1620. The molecule has 0 saturated heterocycles. The quantitative estimate of drug-likeness (QED) is 0.241. The van der Waals surface area contributed by atoms with Crippen molar-refractivity contribution in [1.82, 2.24) is 20.5 Å². The SMILES string of the molecule is Cc1[nH]nc2ccc(-c3cncc(OC[C@H](Cc4ccc5c(c4)OC(F)(F)C(F)(F)O5)NC(=O)OC(C)(C)C)c3)cc12. The molecule has 2 N–H and O–H groups in total. The number of fused-ring (bicyclic) bond motifs is 2. The molecule has 1 amide bonds. The summed E-state index contributed by atoms with van der Waals surface area (Å²) in [5.74, 6) is -0.673. The van der Waals surface area contributed by atoms with Gasteiger partial charge in [-0.25, -0.2) is 4.79 Å². The number of hydrogen-bond acceptors (Lipinski definition) is 7. The Morgan fingerprint density at radius 3 is 2.48 bits per heavy atom. The molecule has 0 bridgehead atoms. The van der Waals surface area contributed by atoms with E-state index in [2.05, 4.69) is 30.0 Å². The van der Waals surface area contributed by atoms with E-state index in [0.717, 1.165) is 39.9 Å². The number of pyridine rings is 1. The number of carbonyl (C=O) groups excluding carboxylic acids is 1. The van der Waals surface area contributed by atoms with Crippen LogP contribution < -0.4 is 19.5 Å². The van der Waals surface area contributed by atoms with Gasteiger partial charge in [0.1, 0.15) is 18.0 Å². The first-order valence-corrected chi connectivity index (χ1v) is 13.0. The number of hydrogen-bond donors (Lipinski definition) is 2. The second kappa shape index (κ2) is 10.7. The Labute approximate surface area is 238 Å². The van der Waals surface area contributed by atoms with Crippen LogP contribution in [0.2, 0.25) is 0 Å². The van der Waals surface area contributed by atoms with Crippen molar-refractivity contribution in [2.75, 3.05) is 6.61 Å². The minimum absolute atomic E-state index is 0.0569. The second-order valence-corrected chi connectivity index (χ2v) is 10.9. The van der Waals surface area contributed by atoms with Gasteiger partial charge >= 0.3 is 18.3 Å². The molecule has 3 heterocycles. The number of H-pyrrole nitrogens is 1. The molecule has 222 valence electrons. The van der Waals surface area contributed by atoms with Crippen LogP contribution in [0.3, 0.4) is 0 Å². The van der Waals surface area contributed by atoms with Gasteiger partial charge in [0, 0.05) is 22.8 Å². The molecule has 0 unspecified atom stereocenters. The Hall–Kier alpha value is -4.55. The number of nitrogens with zero attached hydrogens (tertiary/aromatic N) is 2. The average molecular weight is 589 g/mol. The van der Waals surface area contributed by atoms with E-state index in [1.807, 2.05) is 25.1 Å². The Morgan fingerprint density at radius 1 is 1.00 bits per heavy atom. The zero-order valence-corrected chi connectivity index (χ0v) is 23.1. The molecule has 0 spiro atoms. The molecule has 42 heavy (non-hydrogen) atoms. The van der Waals surface area contributed by atoms with Crippen LogP contribution in [-0.4, -0.2) is 51.7 Å². The van der Waals surface area contributed by atoms with Crippen LogP contribution >= 0.6 is 0 Å². The van der Waals surface area contributed by atoms with Gasteiger partial charge in [-0.2, -0.15) is 22.7 Å². The molecule has 0 aliphatic carbocycles. The summed E-state index contributed by atoms with van der Waals surface area (Å²) in [4.78, 5) is 16.8. The number of carbonyl (C=O) groups is 1. The van der Waals surface area contributed by atoms with Crippen LogP contribution in [0.15, 0.2) is 54.9 Å². The molecule has 1 aliphatic rings. The molecular formula is C29H28F4N4O5. The molecule has 9 nitrogen and oxygen atoms in total. The maximum atomic E-state index is 13.7. The summed E-state index contributed by atoms with van der Waals surface area (Å²) in [5, 5.41) is 10.9. The standard InChI is InChI=1S/C29H28F4N4O5/c1-16-22-12-18(6-7-23(22)37-36-16)19-11-21(14-34-13-19)39-15-20(35-26(38)42-27(2,3)4)9-17-5-8-24-25(10-17)41-29(32,33)28(30,31)40-24/h5-8,10-14,20H,9,15H2,1-4H3,(H,35,38)(H,36,37)/t20-/m0/s1. The van der Waals surface area contributed by atoms with Gasteiger partial charge in [0.15, 0.2) is 11.5 Å². The fourth-order valence-corrected chi connectivity index (χ4v) is 4.32. The van der Waals surface area contributed by atoms with Gasteiger partial charge in [-0.3, -0.25) is 10.1 Å². The highest BCUT2D eigenvalue weighted by Crippen LogP contribution is 2.47. The van der Waals surface area contributed by atoms with Crippen molar-refractivity contribution in [3.63, 3.8) is 0 Å². The number of alkyl halides is 4. The second-order valence-electron chi connectivity index (χ2n) is 10.9. The van der Waals surface area contributed by atoms with Crippen LogP contribution in [0.25, 0.3) is 22.0 Å². The number of benzene rings is 2. The summed E-state index contributed by atoms with van der Waals surface area (Å²) < 4.78 is 74.3. The number of amides is 1. The monoisotopic (exact) mass is 588 g/mol. The highest BCUT2D eigenvalue weighted by Gasteiger charge is 2.65. The lowest BCUT2D eigenvalue weighted by molar-refractivity contribution is -0.391. The zero-order chi connectivity index (χ0) is 30.3. The Kier molecular flexibility index (Phi) is 7.37. The number of aromatic nitrogens is 3. The Balaban J connectivity index is 1.34. The minimum Gasteiger partial charge on any atom is -0.490 e. The summed E-state index contributed by atoms with van der Waals surface area (Å²) in [6, 6.07) is 10.5. The maximum absolute atomic E-state index is 13.7. The zero-order valence-electron chi connectivity index (χ0n) is 23.1. The first-order valence-electron chi connectivity index (χ1n) is 13.0. The molecular weight excluding hydrogens is 560 g/mol. The maximum Gasteiger partial charge on any atom is 0.507 e.